The summed E-state index contributed by atoms with van der Waals surface area (Å²) in [5.41, 5.74) is 8.06. The molecular weight excluding hydrogens is 553 g/mol. The van der Waals surface area contributed by atoms with Gasteiger partial charge < -0.3 is 0 Å². The Bertz CT molecular complexity index is 2320. The quantitative estimate of drug-likeness (QED) is 0.176. The molecule has 0 aliphatic rings. The Hall–Kier alpha value is -4.94. The summed E-state index contributed by atoms with van der Waals surface area (Å²) in [4.78, 5) is 0. The zero-order chi connectivity index (χ0) is 31.5. The third kappa shape index (κ3) is 4.06. The molecule has 0 heterocycles. The maximum Gasteiger partial charge on any atom is -0.00264 e. The van der Waals surface area contributed by atoms with Crippen molar-refractivity contribution in [3.05, 3.63) is 132 Å². The molecular formula is C46H38. The molecule has 0 spiro atoms. The van der Waals surface area contributed by atoms with Gasteiger partial charge in [-0.2, -0.15) is 0 Å². The number of hydrogen-bond donors (Lipinski definition) is 0. The van der Waals surface area contributed by atoms with Crippen LogP contribution in [0.15, 0.2) is 121 Å². The molecule has 222 valence electrons. The molecule has 0 amide bonds. The number of hydrogen-bond acceptors (Lipinski definition) is 0. The van der Waals surface area contributed by atoms with E-state index in [1.54, 1.807) is 0 Å². The van der Waals surface area contributed by atoms with Crippen molar-refractivity contribution in [2.45, 2.75) is 52.4 Å². The normalized spacial score (nSPS) is 13.0. The van der Waals surface area contributed by atoms with Crippen LogP contribution < -0.4 is 0 Å². The van der Waals surface area contributed by atoms with Crippen molar-refractivity contribution in [1.82, 2.24) is 0 Å². The fourth-order valence-electron chi connectivity index (χ4n) is 7.84. The van der Waals surface area contributed by atoms with Gasteiger partial charge in [0.1, 0.15) is 0 Å². The molecule has 0 saturated carbocycles. The lowest BCUT2D eigenvalue weighted by atomic mass is 9.82. The van der Waals surface area contributed by atoms with Crippen LogP contribution in [-0.2, 0) is 10.8 Å². The molecule has 0 N–H and O–H groups in total. The SMILES string of the molecule is CC(C)(C)c1cc2ccc3cc(-c4ccccc4-c4cc5ccc6cc(C(C)(C)C)cc7ccc(c4)c5c67)cc4ccc(c1)c2c34. The second-order valence-electron chi connectivity index (χ2n) is 15.5. The molecule has 9 rings (SSSR count). The molecule has 0 heteroatoms. The van der Waals surface area contributed by atoms with Gasteiger partial charge in [-0.25, -0.2) is 0 Å². The molecule has 0 aliphatic carbocycles. The molecule has 0 atom stereocenters. The summed E-state index contributed by atoms with van der Waals surface area (Å²) in [5, 5.41) is 16.0. The second-order valence-corrected chi connectivity index (χ2v) is 15.5. The van der Waals surface area contributed by atoms with E-state index >= 15 is 0 Å². The average Bonchev–Trinajstić information content (AvgIpc) is 3.04. The Morgan fingerprint density at radius 2 is 0.543 bits per heavy atom. The summed E-state index contributed by atoms with van der Waals surface area (Å²) in [6.45, 7) is 13.8. The summed E-state index contributed by atoms with van der Waals surface area (Å²) in [7, 11) is 0. The highest BCUT2D eigenvalue weighted by atomic mass is 14.2. The predicted molar refractivity (Wildman–Crippen MR) is 202 cm³/mol. The van der Waals surface area contributed by atoms with E-state index in [1.165, 1.54) is 98.0 Å². The van der Waals surface area contributed by atoms with Crippen molar-refractivity contribution in [1.29, 1.82) is 0 Å². The van der Waals surface area contributed by atoms with E-state index in [1.807, 2.05) is 0 Å². The summed E-state index contributed by atoms with van der Waals surface area (Å²) in [6.07, 6.45) is 0. The molecule has 0 bridgehead atoms. The second kappa shape index (κ2) is 9.30. The van der Waals surface area contributed by atoms with Crippen LogP contribution in [0.2, 0.25) is 0 Å². The van der Waals surface area contributed by atoms with E-state index in [0.29, 0.717) is 0 Å². The molecule has 9 aromatic carbocycles. The topological polar surface area (TPSA) is 0 Å². The fourth-order valence-corrected chi connectivity index (χ4v) is 7.84. The van der Waals surface area contributed by atoms with Gasteiger partial charge >= 0.3 is 0 Å². The van der Waals surface area contributed by atoms with Crippen LogP contribution in [0, 0.1) is 0 Å². The van der Waals surface area contributed by atoms with Crippen LogP contribution in [-0.4, -0.2) is 0 Å². The smallest absolute Gasteiger partial charge is 0.00264 e. The lowest BCUT2D eigenvalue weighted by molar-refractivity contribution is 0.591. The van der Waals surface area contributed by atoms with E-state index in [4.69, 9.17) is 0 Å². The van der Waals surface area contributed by atoms with Gasteiger partial charge in [-0.3, -0.25) is 0 Å². The lowest BCUT2D eigenvalue weighted by Crippen LogP contribution is -2.10. The Balaban J connectivity index is 1.22. The summed E-state index contributed by atoms with van der Waals surface area (Å²) in [6, 6.07) is 46.6. The Morgan fingerprint density at radius 1 is 0.304 bits per heavy atom. The van der Waals surface area contributed by atoms with Gasteiger partial charge in [0.05, 0.1) is 0 Å². The van der Waals surface area contributed by atoms with Crippen LogP contribution >= 0.6 is 0 Å². The van der Waals surface area contributed by atoms with Crippen molar-refractivity contribution in [2.24, 2.45) is 0 Å². The molecule has 0 aliphatic heterocycles. The first kappa shape index (κ1) is 27.4. The van der Waals surface area contributed by atoms with Crippen LogP contribution in [0.5, 0.6) is 0 Å². The van der Waals surface area contributed by atoms with Gasteiger partial charge in [0.2, 0.25) is 0 Å². The van der Waals surface area contributed by atoms with E-state index < -0.39 is 0 Å². The minimum absolute atomic E-state index is 0.115. The third-order valence-electron chi connectivity index (χ3n) is 10.3. The van der Waals surface area contributed by atoms with E-state index in [0.717, 1.165) is 0 Å². The van der Waals surface area contributed by atoms with Crippen LogP contribution in [0.25, 0.3) is 86.9 Å². The molecule has 0 aromatic heterocycles. The molecule has 0 saturated heterocycles. The fraction of sp³-hybridized carbons (Fsp3) is 0.174. The van der Waals surface area contributed by atoms with Crippen LogP contribution in [0.3, 0.4) is 0 Å². The zero-order valence-electron chi connectivity index (χ0n) is 27.5. The Morgan fingerprint density at radius 3 is 0.783 bits per heavy atom. The van der Waals surface area contributed by atoms with Gasteiger partial charge in [0, 0.05) is 0 Å². The highest BCUT2D eigenvalue weighted by Crippen LogP contribution is 2.44. The standard InChI is InChI=1S/C46H38/c1-45(2,3)37-23-31-15-11-27-19-35(20-28-12-16-32(24-37)43(31)41(27)28)39-9-7-8-10-40(39)36-21-29-13-17-33-25-38(46(4,5)6)26-34-18-14-30(22-36)42(29)44(33)34/h7-26H,1-6H3. The molecule has 0 radical (unpaired) electrons. The highest BCUT2D eigenvalue weighted by Gasteiger charge is 2.20. The molecule has 9 aromatic rings. The summed E-state index contributed by atoms with van der Waals surface area (Å²) in [5.74, 6) is 0. The molecule has 0 fully saturated rings. The van der Waals surface area contributed by atoms with Crippen molar-refractivity contribution in [2.75, 3.05) is 0 Å². The van der Waals surface area contributed by atoms with Gasteiger partial charge in [0.25, 0.3) is 0 Å². The first-order valence-corrected chi connectivity index (χ1v) is 16.6. The number of benzene rings is 9. The highest BCUT2D eigenvalue weighted by molar-refractivity contribution is 6.25. The minimum atomic E-state index is 0.115. The van der Waals surface area contributed by atoms with E-state index in [9.17, 15) is 0 Å². The maximum atomic E-state index is 2.40. The maximum absolute atomic E-state index is 2.40. The van der Waals surface area contributed by atoms with Crippen LogP contribution in [0.1, 0.15) is 52.7 Å². The van der Waals surface area contributed by atoms with Crippen molar-refractivity contribution < 1.29 is 0 Å². The van der Waals surface area contributed by atoms with Gasteiger partial charge in [0.15, 0.2) is 0 Å². The minimum Gasteiger partial charge on any atom is -0.0616 e. The first-order chi connectivity index (χ1) is 22.0. The average molecular weight is 591 g/mol. The van der Waals surface area contributed by atoms with Crippen molar-refractivity contribution in [3.63, 3.8) is 0 Å². The van der Waals surface area contributed by atoms with Gasteiger partial charge in [-0.05, 0) is 133 Å². The molecule has 0 unspecified atom stereocenters. The zero-order valence-corrected chi connectivity index (χ0v) is 27.5. The van der Waals surface area contributed by atoms with Gasteiger partial charge in [-0.15, -0.1) is 0 Å². The summed E-state index contributed by atoms with van der Waals surface area (Å²) < 4.78 is 0. The third-order valence-corrected chi connectivity index (χ3v) is 10.3. The monoisotopic (exact) mass is 590 g/mol. The lowest BCUT2D eigenvalue weighted by Gasteiger charge is -2.22. The largest absolute Gasteiger partial charge is 0.0616 e. The van der Waals surface area contributed by atoms with Gasteiger partial charge in [-0.1, -0.05) is 139 Å². The first-order valence-electron chi connectivity index (χ1n) is 16.6. The molecule has 46 heavy (non-hydrogen) atoms. The van der Waals surface area contributed by atoms with Crippen molar-refractivity contribution >= 4 is 64.6 Å². The van der Waals surface area contributed by atoms with Crippen molar-refractivity contribution in [3.8, 4) is 22.3 Å². The van der Waals surface area contributed by atoms with Crippen LogP contribution in [0.4, 0.5) is 0 Å². The Kier molecular flexibility index (Phi) is 5.54. The van der Waals surface area contributed by atoms with E-state index in [-0.39, 0.29) is 10.8 Å². The molecule has 0 nitrogen and oxygen atoms in total. The van der Waals surface area contributed by atoms with E-state index in [2.05, 4.69) is 163 Å². The number of rotatable bonds is 2. The summed E-state index contributed by atoms with van der Waals surface area (Å²) >= 11 is 0. The Labute approximate surface area is 271 Å². The predicted octanol–water partition coefficient (Wildman–Crippen LogP) is 13.4.